The van der Waals surface area contributed by atoms with Gasteiger partial charge in [0.15, 0.2) is 5.96 Å². The lowest BCUT2D eigenvalue weighted by molar-refractivity contribution is 0.0536. The van der Waals surface area contributed by atoms with Crippen LogP contribution in [0.1, 0.15) is 24.5 Å². The second-order valence-electron chi connectivity index (χ2n) is 6.97. The Morgan fingerprint density at radius 1 is 1.21 bits per heavy atom. The number of guanidine groups is 1. The van der Waals surface area contributed by atoms with Gasteiger partial charge < -0.3 is 24.4 Å². The van der Waals surface area contributed by atoms with Crippen molar-refractivity contribution in [2.75, 3.05) is 59.7 Å². The molecular formula is C21H36IN3O3. The summed E-state index contributed by atoms with van der Waals surface area (Å²) < 4.78 is 16.7. The molecule has 0 bridgehead atoms. The van der Waals surface area contributed by atoms with Crippen LogP contribution in [0.25, 0.3) is 0 Å². The van der Waals surface area contributed by atoms with Crippen molar-refractivity contribution in [2.45, 2.75) is 27.2 Å². The van der Waals surface area contributed by atoms with Gasteiger partial charge in [0, 0.05) is 32.7 Å². The smallest absolute Gasteiger partial charge is 0.194 e. The lowest BCUT2D eigenvalue weighted by Crippen LogP contribution is -2.40. The lowest BCUT2D eigenvalue weighted by Gasteiger charge is -2.22. The van der Waals surface area contributed by atoms with Gasteiger partial charge in [0.25, 0.3) is 0 Å². The first-order valence-electron chi connectivity index (χ1n) is 9.94. The zero-order valence-corrected chi connectivity index (χ0v) is 20.0. The van der Waals surface area contributed by atoms with Crippen LogP contribution in [0.15, 0.2) is 23.2 Å². The first kappa shape index (κ1) is 25.0. The predicted octanol–water partition coefficient (Wildman–Crippen LogP) is 3.25. The van der Waals surface area contributed by atoms with Crippen molar-refractivity contribution in [2.24, 2.45) is 10.9 Å². The molecule has 0 radical (unpaired) electrons. The fourth-order valence-electron chi connectivity index (χ4n) is 3.31. The number of rotatable bonds is 10. The number of ether oxygens (including phenoxy) is 3. The molecule has 0 aromatic heterocycles. The number of aryl methyl sites for hydroxylation is 2. The molecule has 1 aliphatic rings. The van der Waals surface area contributed by atoms with Crippen molar-refractivity contribution in [1.29, 1.82) is 0 Å². The minimum absolute atomic E-state index is 0. The van der Waals surface area contributed by atoms with Crippen molar-refractivity contribution in [3.63, 3.8) is 0 Å². The quantitative estimate of drug-likeness (QED) is 0.229. The Balaban J connectivity index is 0.00000392. The molecular weight excluding hydrogens is 469 g/mol. The molecule has 1 aromatic carbocycles. The molecule has 1 aliphatic heterocycles. The average molecular weight is 505 g/mol. The van der Waals surface area contributed by atoms with Gasteiger partial charge in [-0.15, -0.1) is 24.0 Å². The highest BCUT2D eigenvalue weighted by molar-refractivity contribution is 14.0. The van der Waals surface area contributed by atoms with Crippen molar-refractivity contribution in [3.8, 4) is 5.75 Å². The van der Waals surface area contributed by atoms with Crippen molar-refractivity contribution in [1.82, 2.24) is 10.2 Å². The lowest BCUT2D eigenvalue weighted by atomic mass is 10.1. The van der Waals surface area contributed by atoms with Crippen molar-refractivity contribution < 1.29 is 14.2 Å². The summed E-state index contributed by atoms with van der Waals surface area (Å²) in [6, 6.07) is 6.21. The van der Waals surface area contributed by atoms with E-state index in [0.717, 1.165) is 44.4 Å². The maximum Gasteiger partial charge on any atom is 0.194 e. The highest BCUT2D eigenvalue weighted by Gasteiger charge is 2.24. The molecule has 1 fully saturated rings. The minimum Gasteiger partial charge on any atom is -0.491 e. The maximum atomic E-state index is 5.97. The van der Waals surface area contributed by atoms with E-state index in [0.29, 0.717) is 32.3 Å². The Kier molecular flexibility index (Phi) is 12.5. The number of likely N-dealkylation sites (tertiary alicyclic amines) is 1. The molecule has 0 saturated carbocycles. The van der Waals surface area contributed by atoms with Crippen LogP contribution in [0.5, 0.6) is 5.75 Å². The normalized spacial score (nSPS) is 16.8. The molecule has 0 amide bonds. The molecule has 28 heavy (non-hydrogen) atoms. The van der Waals surface area contributed by atoms with Gasteiger partial charge in [-0.1, -0.05) is 18.2 Å². The van der Waals surface area contributed by atoms with E-state index in [1.165, 1.54) is 11.1 Å². The summed E-state index contributed by atoms with van der Waals surface area (Å²) >= 11 is 0. The van der Waals surface area contributed by atoms with E-state index in [-0.39, 0.29) is 24.0 Å². The molecule has 0 spiro atoms. The summed E-state index contributed by atoms with van der Waals surface area (Å²) in [5.41, 5.74) is 2.34. The fraction of sp³-hybridized carbons (Fsp3) is 0.667. The number of halogens is 1. The van der Waals surface area contributed by atoms with Gasteiger partial charge in [0.2, 0.25) is 0 Å². The number of nitrogens with one attached hydrogen (secondary N) is 1. The van der Waals surface area contributed by atoms with E-state index in [9.17, 15) is 0 Å². The van der Waals surface area contributed by atoms with E-state index in [1.54, 1.807) is 7.11 Å². The second-order valence-corrected chi connectivity index (χ2v) is 6.97. The Bertz CT molecular complexity index is 578. The summed E-state index contributed by atoms with van der Waals surface area (Å²) in [5, 5.41) is 3.40. The monoisotopic (exact) mass is 505 g/mol. The third-order valence-corrected chi connectivity index (χ3v) is 4.71. The van der Waals surface area contributed by atoms with E-state index in [2.05, 4.69) is 49.2 Å². The summed E-state index contributed by atoms with van der Waals surface area (Å²) in [6.45, 7) is 12.4. The SMILES string of the molecule is CCNC(=NCCOc1c(C)cccc1C)N1CCC(COCCOC)C1.I. The fourth-order valence-corrected chi connectivity index (χ4v) is 3.31. The number of nitrogens with zero attached hydrogens (tertiary/aromatic N) is 2. The third-order valence-electron chi connectivity index (χ3n) is 4.71. The molecule has 6 nitrogen and oxygen atoms in total. The highest BCUT2D eigenvalue weighted by Crippen LogP contribution is 2.22. The molecule has 7 heteroatoms. The number of hydrogen-bond donors (Lipinski definition) is 1. The molecule has 0 aliphatic carbocycles. The Morgan fingerprint density at radius 3 is 2.64 bits per heavy atom. The zero-order chi connectivity index (χ0) is 19.5. The molecule has 1 N–H and O–H groups in total. The number of hydrogen-bond acceptors (Lipinski definition) is 4. The van der Waals surface area contributed by atoms with Gasteiger partial charge >= 0.3 is 0 Å². The number of aliphatic imine (C=N–C) groups is 1. The van der Waals surface area contributed by atoms with Crippen LogP contribution in [0.4, 0.5) is 0 Å². The van der Waals surface area contributed by atoms with Gasteiger partial charge in [-0.25, -0.2) is 4.99 Å². The van der Waals surface area contributed by atoms with Gasteiger partial charge in [-0.05, 0) is 38.3 Å². The number of methoxy groups -OCH3 is 1. The first-order valence-corrected chi connectivity index (χ1v) is 9.94. The zero-order valence-electron chi connectivity index (χ0n) is 17.7. The van der Waals surface area contributed by atoms with Gasteiger partial charge in [0.05, 0.1) is 26.4 Å². The molecule has 1 atom stereocenters. The second kappa shape index (κ2) is 14.0. The van der Waals surface area contributed by atoms with Crippen LogP contribution in [-0.4, -0.2) is 70.6 Å². The standard InChI is InChI=1S/C21H35N3O3.HI/c1-5-22-21(24-11-9-19(15-24)16-26-14-13-25-4)23-10-12-27-20-17(2)7-6-8-18(20)3;/h6-8,19H,5,9-16H2,1-4H3,(H,22,23);1H. The topological polar surface area (TPSA) is 55.3 Å². The van der Waals surface area contributed by atoms with Crippen LogP contribution >= 0.6 is 24.0 Å². The minimum atomic E-state index is 0. The Labute approximate surface area is 187 Å². The van der Waals surface area contributed by atoms with Crippen LogP contribution in [0.3, 0.4) is 0 Å². The molecule has 1 heterocycles. The van der Waals surface area contributed by atoms with E-state index in [4.69, 9.17) is 19.2 Å². The summed E-state index contributed by atoms with van der Waals surface area (Å²) in [7, 11) is 1.70. The maximum absolute atomic E-state index is 5.97. The van der Waals surface area contributed by atoms with E-state index < -0.39 is 0 Å². The summed E-state index contributed by atoms with van der Waals surface area (Å²) in [5.74, 6) is 2.51. The van der Waals surface area contributed by atoms with Gasteiger partial charge in [0.1, 0.15) is 12.4 Å². The van der Waals surface area contributed by atoms with Gasteiger partial charge in [-0.3, -0.25) is 0 Å². The van der Waals surface area contributed by atoms with E-state index >= 15 is 0 Å². The van der Waals surface area contributed by atoms with Crippen LogP contribution < -0.4 is 10.1 Å². The number of benzene rings is 1. The largest absolute Gasteiger partial charge is 0.491 e. The summed E-state index contributed by atoms with van der Waals surface area (Å²) in [6.07, 6.45) is 1.14. The molecule has 1 saturated heterocycles. The third kappa shape index (κ3) is 8.13. The molecule has 1 aromatic rings. The molecule has 2 rings (SSSR count). The molecule has 1 unspecified atom stereocenters. The molecule has 160 valence electrons. The van der Waals surface area contributed by atoms with Crippen LogP contribution in [-0.2, 0) is 9.47 Å². The summed E-state index contributed by atoms with van der Waals surface area (Å²) in [4.78, 5) is 7.09. The number of para-hydroxylation sites is 1. The van der Waals surface area contributed by atoms with E-state index in [1.807, 2.05) is 0 Å². The average Bonchev–Trinajstić information content (AvgIpc) is 3.12. The Morgan fingerprint density at radius 2 is 1.96 bits per heavy atom. The highest BCUT2D eigenvalue weighted by atomic mass is 127. The predicted molar refractivity (Wildman–Crippen MR) is 125 cm³/mol. The first-order chi connectivity index (χ1) is 13.2. The van der Waals surface area contributed by atoms with Crippen LogP contribution in [0.2, 0.25) is 0 Å². The van der Waals surface area contributed by atoms with Crippen molar-refractivity contribution >= 4 is 29.9 Å². The van der Waals surface area contributed by atoms with Crippen LogP contribution in [0, 0.1) is 19.8 Å². The van der Waals surface area contributed by atoms with Crippen molar-refractivity contribution in [3.05, 3.63) is 29.3 Å². The van der Waals surface area contributed by atoms with Gasteiger partial charge in [-0.2, -0.15) is 0 Å². The Hall–Kier alpha value is -1.06.